The molecule has 0 radical (unpaired) electrons. The number of fused-ring (bicyclic) bond motifs is 1. The Morgan fingerprint density at radius 1 is 1.12 bits per heavy atom. The standard InChI is InChI=1S/C24H28N6O3/c1-3-10-27-22(31)15-33-18-7-5-6-16(11-18)23-29-21-9-8-19(32-4-2)12-20(21)24(30-23)28-17(13-25)14-26/h5-9,11-14,25H,3-4,10,15,26H2,1-2H3,(H,27,31)(H,28,29,30)/b17-14+,25-13?. The number of carbonyl (C=O) groups excluding carboxylic acids is 1. The molecule has 0 saturated carbocycles. The van der Waals surface area contributed by atoms with Crippen LogP contribution < -0.4 is 25.8 Å². The molecule has 0 aliphatic heterocycles. The van der Waals surface area contributed by atoms with Crippen molar-refractivity contribution >= 4 is 28.8 Å². The van der Waals surface area contributed by atoms with E-state index in [0.29, 0.717) is 53.1 Å². The minimum absolute atomic E-state index is 0.0704. The number of hydrogen-bond acceptors (Lipinski definition) is 8. The van der Waals surface area contributed by atoms with Gasteiger partial charge in [0.05, 0.1) is 17.8 Å². The van der Waals surface area contributed by atoms with Crippen LogP contribution in [0.3, 0.4) is 0 Å². The zero-order chi connectivity index (χ0) is 23.6. The van der Waals surface area contributed by atoms with Gasteiger partial charge >= 0.3 is 0 Å². The lowest BCUT2D eigenvalue weighted by molar-refractivity contribution is -0.123. The maximum atomic E-state index is 11.8. The Kier molecular flexibility index (Phi) is 8.18. The van der Waals surface area contributed by atoms with Gasteiger partial charge in [-0.1, -0.05) is 19.1 Å². The largest absolute Gasteiger partial charge is 0.494 e. The molecule has 2 aromatic carbocycles. The molecule has 5 N–H and O–H groups in total. The fraction of sp³-hybridized carbons (Fsp3) is 0.250. The summed E-state index contributed by atoms with van der Waals surface area (Å²) in [6, 6.07) is 12.8. The summed E-state index contributed by atoms with van der Waals surface area (Å²) in [6.45, 7) is 4.98. The quantitative estimate of drug-likeness (QED) is 0.330. The topological polar surface area (TPSA) is 135 Å². The maximum Gasteiger partial charge on any atom is 0.257 e. The van der Waals surface area contributed by atoms with E-state index in [1.807, 2.05) is 44.2 Å². The number of carbonyl (C=O) groups is 1. The Labute approximate surface area is 192 Å². The number of nitrogens with zero attached hydrogens (tertiary/aromatic N) is 2. The van der Waals surface area contributed by atoms with E-state index in [4.69, 9.17) is 25.6 Å². The second-order valence-electron chi connectivity index (χ2n) is 7.07. The number of ether oxygens (including phenoxy) is 2. The molecule has 3 aromatic rings. The average molecular weight is 449 g/mol. The summed E-state index contributed by atoms with van der Waals surface area (Å²) < 4.78 is 11.2. The lowest BCUT2D eigenvalue weighted by Gasteiger charge is -2.13. The van der Waals surface area contributed by atoms with Gasteiger partial charge in [0.25, 0.3) is 5.91 Å². The van der Waals surface area contributed by atoms with Crippen molar-refractivity contribution in [3.8, 4) is 22.9 Å². The number of nitrogens with one attached hydrogen (secondary N) is 3. The molecule has 0 bridgehead atoms. The molecule has 0 saturated heterocycles. The molecule has 9 heteroatoms. The Hall–Kier alpha value is -4.14. The molecule has 33 heavy (non-hydrogen) atoms. The van der Waals surface area contributed by atoms with Crippen LogP contribution in [0, 0.1) is 5.41 Å². The molecule has 0 aliphatic rings. The summed E-state index contributed by atoms with van der Waals surface area (Å²) in [4.78, 5) is 21.2. The third kappa shape index (κ3) is 6.19. The van der Waals surface area contributed by atoms with Gasteiger partial charge < -0.3 is 31.3 Å². The minimum Gasteiger partial charge on any atom is -0.494 e. The Balaban J connectivity index is 1.96. The molecular formula is C24H28N6O3. The number of aromatic nitrogens is 2. The zero-order valence-corrected chi connectivity index (χ0v) is 18.7. The van der Waals surface area contributed by atoms with Gasteiger partial charge in [-0.25, -0.2) is 9.97 Å². The third-order valence-electron chi connectivity index (χ3n) is 4.61. The van der Waals surface area contributed by atoms with Gasteiger partial charge in [0.2, 0.25) is 0 Å². The summed E-state index contributed by atoms with van der Waals surface area (Å²) in [6.07, 6.45) is 3.27. The predicted molar refractivity (Wildman–Crippen MR) is 130 cm³/mol. The highest BCUT2D eigenvalue weighted by Gasteiger charge is 2.13. The van der Waals surface area contributed by atoms with Crippen molar-refractivity contribution in [3.05, 3.63) is 54.4 Å². The minimum atomic E-state index is -0.173. The van der Waals surface area contributed by atoms with Crippen LogP contribution in [0.2, 0.25) is 0 Å². The lowest BCUT2D eigenvalue weighted by atomic mass is 10.1. The van der Waals surface area contributed by atoms with Gasteiger partial charge in [-0.05, 0) is 43.7 Å². The van der Waals surface area contributed by atoms with E-state index in [1.165, 1.54) is 6.20 Å². The Morgan fingerprint density at radius 2 is 1.94 bits per heavy atom. The Morgan fingerprint density at radius 3 is 2.67 bits per heavy atom. The van der Waals surface area contributed by atoms with Crippen molar-refractivity contribution in [2.24, 2.45) is 5.73 Å². The van der Waals surface area contributed by atoms with Crippen LogP contribution >= 0.6 is 0 Å². The second kappa shape index (κ2) is 11.5. The van der Waals surface area contributed by atoms with Gasteiger partial charge in [0.1, 0.15) is 17.3 Å². The van der Waals surface area contributed by atoms with E-state index in [9.17, 15) is 4.79 Å². The molecular weight excluding hydrogens is 420 g/mol. The first-order valence-electron chi connectivity index (χ1n) is 10.7. The number of rotatable bonds is 11. The van der Waals surface area contributed by atoms with Crippen LogP contribution in [-0.2, 0) is 4.79 Å². The molecule has 9 nitrogen and oxygen atoms in total. The van der Waals surface area contributed by atoms with Crippen molar-refractivity contribution in [1.29, 1.82) is 5.41 Å². The number of amides is 1. The van der Waals surface area contributed by atoms with E-state index >= 15 is 0 Å². The number of anilines is 1. The molecule has 0 spiro atoms. The summed E-state index contributed by atoms with van der Waals surface area (Å²) >= 11 is 0. The van der Waals surface area contributed by atoms with Gasteiger partial charge in [-0.2, -0.15) is 0 Å². The number of nitrogens with two attached hydrogens (primary N) is 1. The van der Waals surface area contributed by atoms with Crippen molar-refractivity contribution in [2.45, 2.75) is 20.3 Å². The van der Waals surface area contributed by atoms with Gasteiger partial charge in [-0.3, -0.25) is 4.79 Å². The summed E-state index contributed by atoms with van der Waals surface area (Å²) in [5.41, 5.74) is 7.41. The summed E-state index contributed by atoms with van der Waals surface area (Å²) in [5.74, 6) is 1.99. The second-order valence-corrected chi connectivity index (χ2v) is 7.07. The monoisotopic (exact) mass is 448 g/mol. The smallest absolute Gasteiger partial charge is 0.257 e. The lowest BCUT2D eigenvalue weighted by Crippen LogP contribution is -2.29. The SMILES string of the molecule is CCCNC(=O)COc1cccc(-c2nc(N/C(C=N)=C/N)c3cc(OCC)ccc3n2)c1. The van der Waals surface area contributed by atoms with E-state index in [0.717, 1.165) is 18.0 Å². The van der Waals surface area contributed by atoms with Crippen LogP contribution in [0.25, 0.3) is 22.3 Å². The Bertz CT molecular complexity index is 1160. The van der Waals surface area contributed by atoms with Gasteiger partial charge in [0.15, 0.2) is 12.4 Å². The molecule has 172 valence electrons. The zero-order valence-electron chi connectivity index (χ0n) is 18.7. The average Bonchev–Trinajstić information content (AvgIpc) is 2.85. The van der Waals surface area contributed by atoms with E-state index in [1.54, 1.807) is 12.1 Å². The molecule has 3 rings (SSSR count). The van der Waals surface area contributed by atoms with Crippen LogP contribution in [0.1, 0.15) is 20.3 Å². The first-order valence-corrected chi connectivity index (χ1v) is 10.7. The van der Waals surface area contributed by atoms with Gasteiger partial charge in [0, 0.05) is 29.9 Å². The molecule has 1 aromatic heterocycles. The van der Waals surface area contributed by atoms with E-state index < -0.39 is 0 Å². The highest BCUT2D eigenvalue weighted by atomic mass is 16.5. The fourth-order valence-electron chi connectivity index (χ4n) is 3.04. The number of allylic oxidation sites excluding steroid dienone is 1. The van der Waals surface area contributed by atoms with Crippen LogP contribution in [0.4, 0.5) is 5.82 Å². The predicted octanol–water partition coefficient (Wildman–Crippen LogP) is 3.46. The van der Waals surface area contributed by atoms with Gasteiger partial charge in [-0.15, -0.1) is 0 Å². The maximum absolute atomic E-state index is 11.8. The van der Waals surface area contributed by atoms with Crippen molar-refractivity contribution in [3.63, 3.8) is 0 Å². The van der Waals surface area contributed by atoms with Crippen LogP contribution in [0.15, 0.2) is 54.4 Å². The molecule has 0 aliphatic carbocycles. The molecule has 0 atom stereocenters. The first kappa shape index (κ1) is 23.5. The van der Waals surface area contributed by atoms with Crippen molar-refractivity contribution in [1.82, 2.24) is 15.3 Å². The number of hydrogen-bond donors (Lipinski definition) is 4. The first-order chi connectivity index (χ1) is 16.1. The highest BCUT2D eigenvalue weighted by molar-refractivity contribution is 5.94. The van der Waals surface area contributed by atoms with Crippen molar-refractivity contribution in [2.75, 3.05) is 25.1 Å². The van der Waals surface area contributed by atoms with E-state index in [-0.39, 0.29) is 12.5 Å². The fourth-order valence-corrected chi connectivity index (χ4v) is 3.04. The summed E-state index contributed by atoms with van der Waals surface area (Å²) in [7, 11) is 0. The molecule has 1 amide bonds. The van der Waals surface area contributed by atoms with Crippen LogP contribution in [-0.4, -0.2) is 41.8 Å². The molecule has 1 heterocycles. The normalized spacial score (nSPS) is 11.2. The summed E-state index contributed by atoms with van der Waals surface area (Å²) in [5, 5.41) is 14.1. The van der Waals surface area contributed by atoms with E-state index in [2.05, 4.69) is 15.6 Å². The van der Waals surface area contributed by atoms with Crippen LogP contribution in [0.5, 0.6) is 11.5 Å². The molecule has 0 unspecified atom stereocenters. The number of benzene rings is 2. The highest BCUT2D eigenvalue weighted by Crippen LogP contribution is 2.30. The third-order valence-corrected chi connectivity index (χ3v) is 4.61. The van der Waals surface area contributed by atoms with Crippen molar-refractivity contribution < 1.29 is 14.3 Å². The molecule has 0 fully saturated rings.